The van der Waals surface area contributed by atoms with Crippen LogP contribution in [0.4, 0.5) is 17.1 Å². The maximum Gasteiger partial charge on any atom is 0.101 e. The van der Waals surface area contributed by atoms with Crippen LogP contribution in [0.15, 0.2) is 157 Å². The molecule has 11 rings (SSSR count). The summed E-state index contributed by atoms with van der Waals surface area (Å²) in [4.78, 5) is 4.58. The van der Waals surface area contributed by atoms with E-state index in [9.17, 15) is 15.8 Å². The van der Waals surface area contributed by atoms with E-state index in [0.29, 0.717) is 33.5 Å². The molecule has 0 bridgehead atoms. The zero-order chi connectivity index (χ0) is 38.2. The Morgan fingerprint density at radius 2 is 1.37 bits per heavy atom. The minimum atomic E-state index is -0.105. The molecule has 6 heteroatoms. The van der Waals surface area contributed by atoms with Gasteiger partial charge in [-0.05, 0) is 84.7 Å². The normalized spacial score (nSPS) is 20.7. The average Bonchev–Trinajstić information content (AvgIpc) is 3.90. The third-order valence-corrected chi connectivity index (χ3v) is 12.4. The molecular formula is C51H34N6. The lowest BCUT2D eigenvalue weighted by molar-refractivity contribution is 0.706. The first-order chi connectivity index (χ1) is 28.2. The quantitative estimate of drug-likeness (QED) is 0.181. The highest BCUT2D eigenvalue weighted by molar-refractivity contribution is 5.88. The number of hydrogen-bond donors (Lipinski definition) is 0. The fourth-order valence-corrected chi connectivity index (χ4v) is 10.0. The summed E-state index contributed by atoms with van der Waals surface area (Å²) in [7, 11) is 0. The number of aromatic nitrogens is 1. The zero-order valence-electron chi connectivity index (χ0n) is 30.9. The van der Waals surface area contributed by atoms with E-state index in [1.165, 1.54) is 21.7 Å². The van der Waals surface area contributed by atoms with Crippen molar-refractivity contribution in [1.82, 2.24) is 4.57 Å². The molecule has 0 fully saturated rings. The Morgan fingerprint density at radius 1 is 0.596 bits per heavy atom. The van der Waals surface area contributed by atoms with Gasteiger partial charge in [0.15, 0.2) is 0 Å². The molecule has 0 N–H and O–H groups in total. The standard InChI is InChI=1S/C51H34N6/c52-29-32-24-36(56-45-18-8-4-14-38(45)39-15-5-9-19-46(39)56)22-23-37(32)42-25-34(31-54)49(26-33(42)30-53)57-48-21-11-7-17-41(48)44-27-43-40-16-6-10-20-47(40)55(50(43)28-51(44)57)35-12-2-1-3-13-35/h1-6,8-16,18-28,38,44-45,51H,7,17H2. The molecule has 5 aromatic carbocycles. The predicted octanol–water partition coefficient (Wildman–Crippen LogP) is 9.33. The molecule has 57 heavy (non-hydrogen) atoms. The Balaban J connectivity index is 1.05. The lowest BCUT2D eigenvalue weighted by Gasteiger charge is -2.31. The number of rotatable bonds is 4. The molecular weight excluding hydrogens is 697 g/mol. The van der Waals surface area contributed by atoms with Crippen LogP contribution in [0.2, 0.25) is 0 Å². The van der Waals surface area contributed by atoms with Crippen molar-refractivity contribution in [2.45, 2.75) is 30.8 Å². The molecule has 0 radical (unpaired) electrons. The fourth-order valence-electron chi connectivity index (χ4n) is 10.0. The molecule has 6 nitrogen and oxygen atoms in total. The second-order valence-corrected chi connectivity index (χ2v) is 15.3. The lowest BCUT2D eigenvalue weighted by Crippen LogP contribution is -2.42. The summed E-state index contributed by atoms with van der Waals surface area (Å²) < 4.78 is 2.34. The Kier molecular flexibility index (Phi) is 7.33. The van der Waals surface area contributed by atoms with Crippen molar-refractivity contribution in [3.8, 4) is 35.0 Å². The fraction of sp³-hybridized carbons (Fsp3) is 0.118. The van der Waals surface area contributed by atoms with Crippen molar-refractivity contribution in [3.63, 3.8) is 0 Å². The van der Waals surface area contributed by atoms with E-state index in [2.05, 4.69) is 154 Å². The van der Waals surface area contributed by atoms with Crippen LogP contribution in [-0.2, 0) is 0 Å². The van der Waals surface area contributed by atoms with Gasteiger partial charge in [0.1, 0.15) is 6.07 Å². The third kappa shape index (κ3) is 4.80. The van der Waals surface area contributed by atoms with Crippen LogP contribution < -0.4 is 20.4 Å². The van der Waals surface area contributed by atoms with Gasteiger partial charge in [0.2, 0.25) is 0 Å². The van der Waals surface area contributed by atoms with Gasteiger partial charge in [0.25, 0.3) is 0 Å². The second kappa shape index (κ2) is 12.7. The molecule has 1 aromatic heterocycles. The largest absolute Gasteiger partial charge is 0.333 e. The monoisotopic (exact) mass is 730 g/mol. The maximum absolute atomic E-state index is 10.9. The smallest absolute Gasteiger partial charge is 0.101 e. The van der Waals surface area contributed by atoms with Gasteiger partial charge < -0.3 is 14.4 Å². The number of benzene rings is 5. The summed E-state index contributed by atoms with van der Waals surface area (Å²) in [6.07, 6.45) is 19.7. The third-order valence-electron chi connectivity index (χ3n) is 12.4. The van der Waals surface area contributed by atoms with Crippen molar-refractivity contribution in [3.05, 3.63) is 190 Å². The minimum absolute atomic E-state index is 0.0973. The van der Waals surface area contributed by atoms with Gasteiger partial charge in [-0.1, -0.05) is 97.1 Å². The molecule has 5 aliphatic rings. The van der Waals surface area contributed by atoms with E-state index in [4.69, 9.17) is 0 Å². The van der Waals surface area contributed by atoms with Gasteiger partial charge in [-0.25, -0.2) is 0 Å². The van der Waals surface area contributed by atoms with Gasteiger partial charge >= 0.3 is 0 Å². The van der Waals surface area contributed by atoms with Crippen LogP contribution in [0.25, 0.3) is 39.9 Å². The number of nitriles is 3. The van der Waals surface area contributed by atoms with E-state index in [0.717, 1.165) is 46.5 Å². The number of fused-ring (bicyclic) bond motifs is 8. The Morgan fingerprint density at radius 3 is 2.23 bits per heavy atom. The van der Waals surface area contributed by atoms with Crippen LogP contribution in [0.5, 0.6) is 0 Å². The number of anilines is 3. The summed E-state index contributed by atoms with van der Waals surface area (Å²) >= 11 is 0. The Labute approximate surface area is 330 Å². The summed E-state index contributed by atoms with van der Waals surface area (Å²) in [6, 6.07) is 44.5. The van der Waals surface area contributed by atoms with Gasteiger partial charge in [-0.3, -0.25) is 0 Å². The van der Waals surface area contributed by atoms with E-state index >= 15 is 0 Å². The molecule has 0 spiro atoms. The van der Waals surface area contributed by atoms with E-state index in [-0.39, 0.29) is 23.9 Å². The molecule has 4 atom stereocenters. The zero-order valence-corrected chi connectivity index (χ0v) is 30.9. The van der Waals surface area contributed by atoms with E-state index < -0.39 is 0 Å². The first-order valence-corrected chi connectivity index (χ1v) is 19.5. The molecule has 0 saturated heterocycles. The molecule has 0 amide bonds. The van der Waals surface area contributed by atoms with Crippen molar-refractivity contribution in [2.24, 2.45) is 5.92 Å². The van der Waals surface area contributed by atoms with Crippen LogP contribution in [0.3, 0.4) is 0 Å². The van der Waals surface area contributed by atoms with Gasteiger partial charge in [0, 0.05) is 56.3 Å². The van der Waals surface area contributed by atoms with Crippen molar-refractivity contribution < 1.29 is 0 Å². The topological polar surface area (TPSA) is 82.8 Å². The molecule has 3 heterocycles. The average molecular weight is 731 g/mol. The van der Waals surface area contributed by atoms with Crippen LogP contribution >= 0.6 is 0 Å². The highest BCUT2D eigenvalue weighted by Gasteiger charge is 2.42. The molecule has 0 saturated carbocycles. The summed E-state index contributed by atoms with van der Waals surface area (Å²) in [5, 5.41) is 35.8. The molecule has 268 valence electrons. The molecule has 3 aliphatic carbocycles. The second-order valence-electron chi connectivity index (χ2n) is 15.3. The summed E-state index contributed by atoms with van der Waals surface area (Å²) in [5.41, 5.74) is 11.2. The van der Waals surface area contributed by atoms with Gasteiger partial charge in [0.05, 0.1) is 57.5 Å². The van der Waals surface area contributed by atoms with Crippen LogP contribution in [-0.4, -0.2) is 16.7 Å². The molecule has 2 aliphatic heterocycles. The molecule has 6 aromatic rings. The lowest BCUT2D eigenvalue weighted by atomic mass is 9.86. The first kappa shape index (κ1) is 32.8. The minimum Gasteiger partial charge on any atom is -0.333 e. The van der Waals surface area contributed by atoms with Gasteiger partial charge in [-0.2, -0.15) is 15.8 Å². The maximum atomic E-state index is 10.9. The predicted molar refractivity (Wildman–Crippen MR) is 226 cm³/mol. The molecule has 4 unspecified atom stereocenters. The van der Waals surface area contributed by atoms with E-state index in [1.54, 1.807) is 0 Å². The number of hydrogen-bond acceptors (Lipinski definition) is 5. The summed E-state index contributed by atoms with van der Waals surface area (Å²) in [6.45, 7) is 0. The van der Waals surface area contributed by atoms with Crippen LogP contribution in [0.1, 0.15) is 41.0 Å². The Bertz CT molecular complexity index is 3100. The summed E-state index contributed by atoms with van der Waals surface area (Å²) in [5.74, 6) is 0.325. The number of allylic oxidation sites excluding steroid dienone is 4. The number of nitrogens with zero attached hydrogens (tertiary/aromatic N) is 6. The van der Waals surface area contributed by atoms with Crippen molar-refractivity contribution in [1.29, 1.82) is 15.8 Å². The SMILES string of the molecule is N#Cc1cc(N2c3ccccc3C3C=CC=CC32)ccc1-c1cc(C#N)c(N2C3=C(CCC=C3)C3C=c4c(n(-c5ccccc5)c5ccccc45)=CC32)cc1C#N. The van der Waals surface area contributed by atoms with Gasteiger partial charge in [-0.15, -0.1) is 0 Å². The van der Waals surface area contributed by atoms with Crippen molar-refractivity contribution in [2.75, 3.05) is 9.80 Å². The number of para-hydroxylation sites is 3. The van der Waals surface area contributed by atoms with Crippen LogP contribution in [0, 0.1) is 39.9 Å². The highest BCUT2D eigenvalue weighted by Crippen LogP contribution is 2.49. The van der Waals surface area contributed by atoms with Crippen molar-refractivity contribution >= 4 is 40.1 Å². The Hall–Kier alpha value is -7.59. The first-order valence-electron chi connectivity index (χ1n) is 19.5. The highest BCUT2D eigenvalue weighted by atomic mass is 15.2. The van der Waals surface area contributed by atoms with E-state index in [1.807, 2.05) is 36.4 Å².